The van der Waals surface area contributed by atoms with E-state index in [0.29, 0.717) is 15.4 Å². The monoisotopic (exact) mass is 357 g/mol. The summed E-state index contributed by atoms with van der Waals surface area (Å²) in [6, 6.07) is 11.0. The minimum Gasteiger partial charge on any atom is -0.280 e. The maximum absolute atomic E-state index is 12.3. The smallest absolute Gasteiger partial charge is 0.280 e. The van der Waals surface area contributed by atoms with Gasteiger partial charge in [0.2, 0.25) is 0 Å². The standard InChI is InChI=1S/C13H8ClNO3S3/c14-8-1-3-9(4-2-8)15-21(17,18)10-5-6-11-12(7-10)20-13(16)19-11/h1-7,15H. The number of sulfonamides is 1. The van der Waals surface area contributed by atoms with Crippen LogP contribution in [0.4, 0.5) is 5.69 Å². The van der Waals surface area contributed by atoms with Crippen molar-refractivity contribution in [3.8, 4) is 0 Å². The fourth-order valence-corrected chi connectivity index (χ4v) is 5.00. The average molecular weight is 358 g/mol. The summed E-state index contributed by atoms with van der Waals surface area (Å²) in [6.07, 6.45) is 0. The van der Waals surface area contributed by atoms with Crippen molar-refractivity contribution in [3.63, 3.8) is 0 Å². The molecule has 2 aromatic carbocycles. The Morgan fingerprint density at radius 2 is 1.62 bits per heavy atom. The maximum atomic E-state index is 12.3. The third-order valence-corrected chi connectivity index (χ3v) is 6.44. The molecule has 0 unspecified atom stereocenters. The van der Waals surface area contributed by atoms with E-state index in [9.17, 15) is 13.2 Å². The molecule has 0 aliphatic rings. The number of fused-ring (bicyclic) bond motifs is 1. The highest BCUT2D eigenvalue weighted by molar-refractivity contribution is 7.92. The topological polar surface area (TPSA) is 63.2 Å². The van der Waals surface area contributed by atoms with Crippen molar-refractivity contribution >= 4 is 59.4 Å². The Kier molecular flexibility index (Phi) is 3.75. The molecule has 0 atom stereocenters. The first kappa shape index (κ1) is 14.5. The zero-order valence-electron chi connectivity index (χ0n) is 10.4. The molecule has 21 heavy (non-hydrogen) atoms. The Morgan fingerprint density at radius 1 is 0.952 bits per heavy atom. The zero-order chi connectivity index (χ0) is 15.0. The molecule has 8 heteroatoms. The van der Waals surface area contributed by atoms with Gasteiger partial charge in [-0.15, -0.1) is 0 Å². The normalized spacial score (nSPS) is 11.7. The van der Waals surface area contributed by atoms with E-state index in [0.717, 1.165) is 27.4 Å². The lowest BCUT2D eigenvalue weighted by molar-refractivity contribution is 0.601. The van der Waals surface area contributed by atoms with Crippen LogP contribution in [-0.2, 0) is 10.0 Å². The van der Waals surface area contributed by atoms with Gasteiger partial charge in [0.25, 0.3) is 14.1 Å². The highest BCUT2D eigenvalue weighted by Crippen LogP contribution is 2.26. The van der Waals surface area contributed by atoms with E-state index in [2.05, 4.69) is 4.72 Å². The van der Waals surface area contributed by atoms with Crippen LogP contribution in [0.25, 0.3) is 9.40 Å². The minimum atomic E-state index is -3.69. The first-order valence-corrected chi connectivity index (χ1v) is 9.25. The van der Waals surface area contributed by atoms with Crippen LogP contribution in [0.2, 0.25) is 5.02 Å². The van der Waals surface area contributed by atoms with Crippen LogP contribution in [0.1, 0.15) is 0 Å². The Hall–Kier alpha value is -1.41. The molecule has 4 nitrogen and oxygen atoms in total. The van der Waals surface area contributed by atoms with Crippen molar-refractivity contribution in [1.82, 2.24) is 0 Å². The van der Waals surface area contributed by atoms with Crippen LogP contribution in [0.15, 0.2) is 52.2 Å². The molecule has 3 aromatic rings. The lowest BCUT2D eigenvalue weighted by atomic mass is 10.3. The molecule has 0 spiro atoms. The van der Waals surface area contributed by atoms with Gasteiger partial charge in [0.1, 0.15) is 0 Å². The molecule has 108 valence electrons. The summed E-state index contributed by atoms with van der Waals surface area (Å²) in [6.45, 7) is 0. The largest absolute Gasteiger partial charge is 0.288 e. The quantitative estimate of drug-likeness (QED) is 0.775. The van der Waals surface area contributed by atoms with Crippen molar-refractivity contribution in [2.75, 3.05) is 4.72 Å². The molecule has 0 aliphatic carbocycles. The highest BCUT2D eigenvalue weighted by atomic mass is 35.5. The van der Waals surface area contributed by atoms with Gasteiger partial charge in [-0.05, 0) is 42.5 Å². The molecule has 0 aliphatic heterocycles. The lowest BCUT2D eigenvalue weighted by Gasteiger charge is -2.08. The second-order valence-corrected chi connectivity index (χ2v) is 8.58. The number of nitrogens with one attached hydrogen (secondary N) is 1. The third kappa shape index (κ3) is 3.11. The Morgan fingerprint density at radius 3 is 2.33 bits per heavy atom. The van der Waals surface area contributed by atoms with E-state index in [-0.39, 0.29) is 8.95 Å². The van der Waals surface area contributed by atoms with E-state index >= 15 is 0 Å². The molecule has 1 heterocycles. The van der Waals surface area contributed by atoms with Crippen molar-refractivity contribution in [1.29, 1.82) is 0 Å². The molecule has 0 saturated heterocycles. The first-order chi connectivity index (χ1) is 9.94. The van der Waals surface area contributed by atoms with Crippen molar-refractivity contribution in [2.45, 2.75) is 4.90 Å². The molecular formula is C13H8ClNO3S3. The molecule has 0 radical (unpaired) electrons. The van der Waals surface area contributed by atoms with Crippen LogP contribution < -0.4 is 8.78 Å². The van der Waals surface area contributed by atoms with Gasteiger partial charge >= 0.3 is 0 Å². The van der Waals surface area contributed by atoms with Gasteiger partial charge in [-0.1, -0.05) is 34.3 Å². The van der Waals surface area contributed by atoms with Gasteiger partial charge in [0.15, 0.2) is 0 Å². The van der Waals surface area contributed by atoms with Crippen molar-refractivity contribution in [2.24, 2.45) is 0 Å². The van der Waals surface area contributed by atoms with E-state index in [1.54, 1.807) is 30.3 Å². The van der Waals surface area contributed by atoms with Gasteiger partial charge in [0.05, 0.1) is 9.60 Å². The summed E-state index contributed by atoms with van der Waals surface area (Å²) in [5.74, 6) is 0. The fourth-order valence-electron chi connectivity index (χ4n) is 1.75. The van der Waals surface area contributed by atoms with E-state index in [4.69, 9.17) is 11.6 Å². The second kappa shape index (κ2) is 5.42. The lowest BCUT2D eigenvalue weighted by Crippen LogP contribution is -2.12. The number of anilines is 1. The molecule has 0 fully saturated rings. The van der Waals surface area contributed by atoms with Gasteiger partial charge < -0.3 is 0 Å². The van der Waals surface area contributed by atoms with Crippen molar-refractivity contribution < 1.29 is 8.42 Å². The average Bonchev–Trinajstić information content (AvgIpc) is 2.80. The number of benzene rings is 2. The van der Waals surface area contributed by atoms with Crippen LogP contribution in [0, 0.1) is 0 Å². The molecule has 3 rings (SSSR count). The second-order valence-electron chi connectivity index (χ2n) is 4.18. The summed E-state index contributed by atoms with van der Waals surface area (Å²) in [5.41, 5.74) is 0.429. The highest BCUT2D eigenvalue weighted by Gasteiger charge is 2.15. The number of halogens is 1. The molecule has 0 amide bonds. The molecule has 1 aromatic heterocycles. The Bertz CT molecular complexity index is 958. The number of rotatable bonds is 3. The molecule has 0 saturated carbocycles. The summed E-state index contributed by atoms with van der Waals surface area (Å²) in [5, 5.41) is 0.530. The summed E-state index contributed by atoms with van der Waals surface area (Å²) in [7, 11) is -3.69. The summed E-state index contributed by atoms with van der Waals surface area (Å²) >= 11 is 7.92. The third-order valence-electron chi connectivity index (χ3n) is 2.71. The van der Waals surface area contributed by atoms with Gasteiger partial charge in [0, 0.05) is 15.4 Å². The Labute approximate surface area is 133 Å². The number of hydrogen-bond acceptors (Lipinski definition) is 5. The first-order valence-electron chi connectivity index (χ1n) is 5.76. The van der Waals surface area contributed by atoms with E-state index < -0.39 is 10.0 Å². The summed E-state index contributed by atoms with van der Waals surface area (Å²) < 4.78 is 28.5. The van der Waals surface area contributed by atoms with Crippen LogP contribution in [0.3, 0.4) is 0 Å². The van der Waals surface area contributed by atoms with Gasteiger partial charge in [-0.25, -0.2) is 8.42 Å². The molecule has 1 N–H and O–H groups in total. The maximum Gasteiger partial charge on any atom is 0.288 e. The van der Waals surface area contributed by atoms with Gasteiger partial charge in [-0.2, -0.15) is 0 Å². The van der Waals surface area contributed by atoms with E-state index in [1.165, 1.54) is 12.1 Å². The van der Waals surface area contributed by atoms with E-state index in [1.807, 2.05) is 0 Å². The summed E-state index contributed by atoms with van der Waals surface area (Å²) in [4.78, 5) is 11.5. The SMILES string of the molecule is O=c1sc2ccc(S(=O)(=O)Nc3ccc(Cl)cc3)cc2s1. The molecule has 0 bridgehead atoms. The van der Waals surface area contributed by atoms with Crippen molar-refractivity contribution in [3.05, 3.63) is 56.3 Å². The van der Waals surface area contributed by atoms with Crippen LogP contribution in [0.5, 0.6) is 0 Å². The fraction of sp³-hybridized carbons (Fsp3) is 0. The zero-order valence-corrected chi connectivity index (χ0v) is 13.6. The Balaban J connectivity index is 1.99. The molecular weight excluding hydrogens is 350 g/mol. The van der Waals surface area contributed by atoms with Gasteiger partial charge in [-0.3, -0.25) is 9.52 Å². The predicted octanol–water partition coefficient (Wildman–Crippen LogP) is 3.78. The van der Waals surface area contributed by atoms with Crippen LogP contribution >= 0.6 is 34.3 Å². The minimum absolute atomic E-state index is 0.0507. The predicted molar refractivity (Wildman–Crippen MR) is 88.2 cm³/mol. The number of hydrogen-bond donors (Lipinski definition) is 1. The van der Waals surface area contributed by atoms with Crippen LogP contribution in [-0.4, -0.2) is 8.42 Å².